The van der Waals surface area contributed by atoms with E-state index in [4.69, 9.17) is 10.8 Å². The van der Waals surface area contributed by atoms with E-state index in [2.05, 4.69) is 5.32 Å². The number of carboxylic acid groups (broad SMARTS) is 1. The number of amides is 1. The molecule has 0 heterocycles. The molecular formula is C15H22N2O3. The molecule has 20 heavy (non-hydrogen) atoms. The Bertz CT molecular complexity index is 459. The summed E-state index contributed by atoms with van der Waals surface area (Å²) in [6.45, 7) is 5.20. The molecule has 110 valence electrons. The monoisotopic (exact) mass is 278 g/mol. The van der Waals surface area contributed by atoms with E-state index in [0.29, 0.717) is 0 Å². The summed E-state index contributed by atoms with van der Waals surface area (Å²) >= 11 is 0. The Morgan fingerprint density at radius 3 is 2.15 bits per heavy atom. The molecule has 1 aromatic carbocycles. The van der Waals surface area contributed by atoms with Crippen molar-refractivity contribution in [3.8, 4) is 0 Å². The maximum Gasteiger partial charge on any atom is 0.326 e. The van der Waals surface area contributed by atoms with Crippen LogP contribution in [0.1, 0.15) is 32.4 Å². The lowest BCUT2D eigenvalue weighted by atomic mass is 9.93. The Morgan fingerprint density at radius 2 is 1.70 bits per heavy atom. The normalized spacial score (nSPS) is 15.4. The van der Waals surface area contributed by atoms with Crippen LogP contribution in [0.15, 0.2) is 30.3 Å². The van der Waals surface area contributed by atoms with Gasteiger partial charge in [0.1, 0.15) is 6.04 Å². The first-order valence-electron chi connectivity index (χ1n) is 6.68. The zero-order valence-electron chi connectivity index (χ0n) is 12.0. The lowest BCUT2D eigenvalue weighted by Crippen LogP contribution is -2.47. The molecule has 2 unspecified atom stereocenters. The quantitative estimate of drug-likeness (QED) is 0.736. The van der Waals surface area contributed by atoms with Crippen LogP contribution >= 0.6 is 0 Å². The van der Waals surface area contributed by atoms with Crippen LogP contribution in [0, 0.1) is 11.8 Å². The zero-order chi connectivity index (χ0) is 15.3. The number of nitrogens with two attached hydrogens (primary N) is 1. The van der Waals surface area contributed by atoms with E-state index >= 15 is 0 Å². The van der Waals surface area contributed by atoms with Crippen molar-refractivity contribution in [2.75, 3.05) is 0 Å². The lowest BCUT2D eigenvalue weighted by molar-refractivity contribution is -0.143. The molecule has 0 aromatic heterocycles. The Labute approximate surface area is 119 Å². The van der Waals surface area contributed by atoms with Crippen LogP contribution in [0.2, 0.25) is 0 Å². The van der Waals surface area contributed by atoms with Gasteiger partial charge in [0.05, 0.1) is 5.92 Å². The van der Waals surface area contributed by atoms with Crippen molar-refractivity contribution in [3.05, 3.63) is 35.9 Å². The van der Waals surface area contributed by atoms with E-state index in [1.54, 1.807) is 20.8 Å². The first-order valence-corrected chi connectivity index (χ1v) is 6.68. The first-order chi connectivity index (χ1) is 9.34. The number of hydrogen-bond donors (Lipinski definition) is 3. The Morgan fingerprint density at radius 1 is 1.15 bits per heavy atom. The summed E-state index contributed by atoms with van der Waals surface area (Å²) in [6, 6.07) is 7.94. The number of hydrogen-bond acceptors (Lipinski definition) is 3. The van der Waals surface area contributed by atoms with Crippen LogP contribution in [0.5, 0.6) is 0 Å². The smallest absolute Gasteiger partial charge is 0.326 e. The van der Waals surface area contributed by atoms with Crippen LogP contribution in [-0.2, 0) is 9.59 Å². The highest BCUT2D eigenvalue weighted by Gasteiger charge is 2.28. The van der Waals surface area contributed by atoms with Gasteiger partial charge >= 0.3 is 5.97 Å². The van der Waals surface area contributed by atoms with Gasteiger partial charge in [0, 0.05) is 6.04 Å². The summed E-state index contributed by atoms with van der Waals surface area (Å²) in [5.41, 5.74) is 6.91. The van der Waals surface area contributed by atoms with E-state index in [1.165, 1.54) is 0 Å². The van der Waals surface area contributed by atoms with Gasteiger partial charge in [0.15, 0.2) is 0 Å². The molecule has 3 atom stereocenters. The van der Waals surface area contributed by atoms with Crippen LogP contribution in [0.3, 0.4) is 0 Å². The fraction of sp³-hybridized carbons (Fsp3) is 0.467. The summed E-state index contributed by atoms with van der Waals surface area (Å²) < 4.78 is 0. The Kier molecular flexibility index (Phi) is 5.70. The van der Waals surface area contributed by atoms with Crippen LogP contribution < -0.4 is 11.1 Å². The molecule has 1 rings (SSSR count). The molecule has 0 saturated heterocycles. The van der Waals surface area contributed by atoms with E-state index < -0.39 is 24.0 Å². The second kappa shape index (κ2) is 7.05. The predicted molar refractivity (Wildman–Crippen MR) is 76.9 cm³/mol. The summed E-state index contributed by atoms with van der Waals surface area (Å²) in [4.78, 5) is 23.2. The molecule has 1 aromatic rings. The Hall–Kier alpha value is -1.88. The summed E-state index contributed by atoms with van der Waals surface area (Å²) in [5, 5.41) is 11.6. The SMILES string of the molecule is CC(C(=O)N[C@@H](C(=O)O)C(C)C)C(N)c1ccccc1. The minimum atomic E-state index is -1.03. The topological polar surface area (TPSA) is 92.4 Å². The molecule has 0 spiro atoms. The molecule has 0 aliphatic heterocycles. The van der Waals surface area contributed by atoms with E-state index in [1.807, 2.05) is 30.3 Å². The van der Waals surface area contributed by atoms with Gasteiger partial charge in [-0.25, -0.2) is 4.79 Å². The van der Waals surface area contributed by atoms with Gasteiger partial charge in [-0.1, -0.05) is 51.1 Å². The van der Waals surface area contributed by atoms with Gasteiger partial charge in [0.2, 0.25) is 5.91 Å². The molecule has 0 fully saturated rings. The number of rotatable bonds is 6. The van der Waals surface area contributed by atoms with Crippen molar-refractivity contribution in [3.63, 3.8) is 0 Å². The minimum Gasteiger partial charge on any atom is -0.480 e. The number of carbonyl (C=O) groups is 2. The minimum absolute atomic E-state index is 0.184. The standard InChI is InChI=1S/C15H22N2O3/c1-9(2)13(15(19)20)17-14(18)10(3)12(16)11-7-5-4-6-8-11/h4-10,12-13H,16H2,1-3H3,(H,17,18)(H,19,20)/t10?,12?,13-/m1/s1. The van der Waals surface area contributed by atoms with Gasteiger partial charge in [-0.2, -0.15) is 0 Å². The van der Waals surface area contributed by atoms with E-state index in [-0.39, 0.29) is 11.8 Å². The molecular weight excluding hydrogens is 256 g/mol. The van der Waals surface area contributed by atoms with Crippen molar-refractivity contribution in [2.45, 2.75) is 32.9 Å². The maximum atomic E-state index is 12.1. The fourth-order valence-electron chi connectivity index (χ4n) is 1.93. The molecule has 0 aliphatic carbocycles. The first kappa shape index (κ1) is 16.2. The third-order valence-corrected chi connectivity index (χ3v) is 3.37. The van der Waals surface area contributed by atoms with E-state index in [9.17, 15) is 9.59 Å². The number of nitrogens with one attached hydrogen (secondary N) is 1. The number of aliphatic carboxylic acids is 1. The molecule has 0 saturated carbocycles. The second-order valence-electron chi connectivity index (χ2n) is 5.29. The van der Waals surface area contributed by atoms with Gasteiger partial charge in [-0.05, 0) is 11.5 Å². The van der Waals surface area contributed by atoms with Crippen LogP contribution in [-0.4, -0.2) is 23.0 Å². The fourth-order valence-corrected chi connectivity index (χ4v) is 1.93. The Balaban J connectivity index is 2.74. The van der Waals surface area contributed by atoms with Crippen molar-refractivity contribution in [1.82, 2.24) is 5.32 Å². The highest BCUT2D eigenvalue weighted by molar-refractivity contribution is 5.85. The third kappa shape index (κ3) is 4.06. The number of carbonyl (C=O) groups excluding carboxylic acids is 1. The number of benzene rings is 1. The molecule has 5 heteroatoms. The second-order valence-corrected chi connectivity index (χ2v) is 5.29. The van der Waals surface area contributed by atoms with Gasteiger partial charge < -0.3 is 16.2 Å². The van der Waals surface area contributed by atoms with Crippen molar-refractivity contribution >= 4 is 11.9 Å². The zero-order valence-corrected chi connectivity index (χ0v) is 12.0. The molecule has 4 N–H and O–H groups in total. The van der Waals surface area contributed by atoms with E-state index in [0.717, 1.165) is 5.56 Å². The molecule has 0 radical (unpaired) electrons. The molecule has 1 amide bonds. The van der Waals surface area contributed by atoms with Gasteiger partial charge in [-0.15, -0.1) is 0 Å². The number of carboxylic acids is 1. The average Bonchev–Trinajstić information content (AvgIpc) is 2.43. The third-order valence-electron chi connectivity index (χ3n) is 3.37. The summed E-state index contributed by atoms with van der Waals surface area (Å²) in [7, 11) is 0. The predicted octanol–water partition coefficient (Wildman–Crippen LogP) is 1.55. The highest BCUT2D eigenvalue weighted by atomic mass is 16.4. The van der Waals surface area contributed by atoms with Crippen LogP contribution in [0.25, 0.3) is 0 Å². The largest absolute Gasteiger partial charge is 0.480 e. The van der Waals surface area contributed by atoms with Gasteiger partial charge in [0.25, 0.3) is 0 Å². The lowest BCUT2D eigenvalue weighted by Gasteiger charge is -2.24. The average molecular weight is 278 g/mol. The highest BCUT2D eigenvalue weighted by Crippen LogP contribution is 2.19. The summed E-state index contributed by atoms with van der Waals surface area (Å²) in [6.07, 6.45) is 0. The van der Waals surface area contributed by atoms with Crippen molar-refractivity contribution in [2.24, 2.45) is 17.6 Å². The molecule has 0 bridgehead atoms. The maximum absolute atomic E-state index is 12.1. The van der Waals surface area contributed by atoms with Crippen molar-refractivity contribution < 1.29 is 14.7 Å². The molecule has 5 nitrogen and oxygen atoms in total. The van der Waals surface area contributed by atoms with Gasteiger partial charge in [-0.3, -0.25) is 4.79 Å². The molecule has 0 aliphatic rings. The van der Waals surface area contributed by atoms with Crippen LogP contribution in [0.4, 0.5) is 0 Å². The van der Waals surface area contributed by atoms with Crippen molar-refractivity contribution in [1.29, 1.82) is 0 Å². The summed E-state index contributed by atoms with van der Waals surface area (Å²) in [5.74, 6) is -2.06.